The van der Waals surface area contributed by atoms with Gasteiger partial charge < -0.3 is 5.11 Å². The molecule has 0 aromatic carbocycles. The SMILES string of the molecule is CCN1CCN(C2CS(=O)(=O)CC2O)CC1C. The van der Waals surface area contributed by atoms with E-state index in [0.717, 1.165) is 26.2 Å². The summed E-state index contributed by atoms with van der Waals surface area (Å²) in [5.41, 5.74) is 0. The average Bonchev–Trinajstić information content (AvgIpc) is 2.52. The topological polar surface area (TPSA) is 60.9 Å². The summed E-state index contributed by atoms with van der Waals surface area (Å²) < 4.78 is 23.0. The van der Waals surface area contributed by atoms with E-state index in [1.807, 2.05) is 0 Å². The van der Waals surface area contributed by atoms with Gasteiger partial charge in [-0.25, -0.2) is 8.42 Å². The molecule has 6 heteroatoms. The molecular formula is C11H22N2O3S. The van der Waals surface area contributed by atoms with E-state index in [-0.39, 0.29) is 17.5 Å². The lowest BCUT2D eigenvalue weighted by Gasteiger charge is -2.42. The molecule has 0 bridgehead atoms. The molecule has 0 spiro atoms. The Labute approximate surface area is 103 Å². The number of hydrogen-bond donors (Lipinski definition) is 1. The van der Waals surface area contributed by atoms with Crippen LogP contribution in [0.5, 0.6) is 0 Å². The van der Waals surface area contributed by atoms with Crippen LogP contribution in [0.3, 0.4) is 0 Å². The van der Waals surface area contributed by atoms with Gasteiger partial charge in [0, 0.05) is 25.7 Å². The molecule has 0 aromatic heterocycles. The van der Waals surface area contributed by atoms with Gasteiger partial charge in [-0.2, -0.15) is 0 Å². The van der Waals surface area contributed by atoms with Gasteiger partial charge in [-0.1, -0.05) is 6.92 Å². The van der Waals surface area contributed by atoms with Gasteiger partial charge in [-0.3, -0.25) is 9.80 Å². The number of piperazine rings is 1. The van der Waals surface area contributed by atoms with Gasteiger partial charge in [0.05, 0.1) is 23.7 Å². The van der Waals surface area contributed by atoms with E-state index < -0.39 is 15.9 Å². The first-order chi connectivity index (χ1) is 7.93. The fourth-order valence-corrected chi connectivity index (χ4v) is 4.79. The van der Waals surface area contributed by atoms with E-state index in [0.29, 0.717) is 6.04 Å². The summed E-state index contributed by atoms with van der Waals surface area (Å²) in [6, 6.07) is 0.241. The Hall–Kier alpha value is -0.170. The van der Waals surface area contributed by atoms with Crippen molar-refractivity contribution in [2.45, 2.75) is 32.0 Å². The predicted octanol–water partition coefficient (Wildman–Crippen LogP) is -0.830. The number of hydrogen-bond acceptors (Lipinski definition) is 5. The molecule has 3 atom stereocenters. The van der Waals surface area contributed by atoms with Crippen molar-refractivity contribution in [2.75, 3.05) is 37.7 Å². The van der Waals surface area contributed by atoms with Gasteiger partial charge in [0.25, 0.3) is 0 Å². The third-order valence-electron chi connectivity index (χ3n) is 3.97. The summed E-state index contributed by atoms with van der Waals surface area (Å²) in [6.07, 6.45) is -0.708. The zero-order valence-electron chi connectivity index (χ0n) is 10.5. The largest absolute Gasteiger partial charge is 0.390 e. The Morgan fingerprint density at radius 2 is 2.00 bits per heavy atom. The van der Waals surface area contributed by atoms with Crippen LogP contribution in [0.1, 0.15) is 13.8 Å². The van der Waals surface area contributed by atoms with Crippen molar-refractivity contribution in [3.05, 3.63) is 0 Å². The number of aliphatic hydroxyl groups excluding tert-OH is 1. The Balaban J connectivity index is 2.01. The minimum absolute atomic E-state index is 0.0694. The van der Waals surface area contributed by atoms with E-state index >= 15 is 0 Å². The summed E-state index contributed by atoms with van der Waals surface area (Å²) in [6.45, 7) is 7.99. The second-order valence-electron chi connectivity index (χ2n) is 5.18. The number of nitrogens with zero attached hydrogens (tertiary/aromatic N) is 2. The van der Waals surface area contributed by atoms with E-state index in [1.54, 1.807) is 0 Å². The first kappa shape index (κ1) is 13.3. The van der Waals surface area contributed by atoms with Gasteiger partial charge in [-0.15, -0.1) is 0 Å². The Bertz CT molecular complexity index is 371. The van der Waals surface area contributed by atoms with Crippen LogP contribution < -0.4 is 0 Å². The monoisotopic (exact) mass is 262 g/mol. The van der Waals surface area contributed by atoms with Gasteiger partial charge in [0.15, 0.2) is 9.84 Å². The maximum absolute atomic E-state index is 11.5. The highest BCUT2D eigenvalue weighted by molar-refractivity contribution is 7.91. The molecule has 0 aliphatic carbocycles. The lowest BCUT2D eigenvalue weighted by atomic mass is 10.1. The first-order valence-corrected chi connectivity index (χ1v) is 8.11. The average molecular weight is 262 g/mol. The maximum Gasteiger partial charge on any atom is 0.154 e. The normalized spacial score (nSPS) is 39.6. The van der Waals surface area contributed by atoms with Crippen LogP contribution in [0.25, 0.3) is 0 Å². The molecule has 0 aromatic rings. The zero-order valence-corrected chi connectivity index (χ0v) is 11.4. The van der Waals surface area contributed by atoms with Crippen molar-refractivity contribution >= 4 is 9.84 Å². The van der Waals surface area contributed by atoms with Gasteiger partial charge in [0.1, 0.15) is 0 Å². The summed E-state index contributed by atoms with van der Waals surface area (Å²) in [4.78, 5) is 4.53. The van der Waals surface area contributed by atoms with Crippen LogP contribution >= 0.6 is 0 Å². The Kier molecular flexibility index (Phi) is 3.77. The van der Waals surface area contributed by atoms with Crippen molar-refractivity contribution < 1.29 is 13.5 Å². The van der Waals surface area contributed by atoms with E-state index in [4.69, 9.17) is 0 Å². The van der Waals surface area contributed by atoms with E-state index in [9.17, 15) is 13.5 Å². The summed E-state index contributed by atoms with van der Waals surface area (Å²) >= 11 is 0. The molecule has 1 N–H and O–H groups in total. The van der Waals surface area contributed by atoms with Crippen molar-refractivity contribution in [2.24, 2.45) is 0 Å². The molecule has 3 unspecified atom stereocenters. The zero-order chi connectivity index (χ0) is 12.6. The molecule has 17 heavy (non-hydrogen) atoms. The minimum Gasteiger partial charge on any atom is -0.390 e. The minimum atomic E-state index is -3.04. The fraction of sp³-hybridized carbons (Fsp3) is 1.00. The second-order valence-corrected chi connectivity index (χ2v) is 7.34. The number of aliphatic hydroxyl groups is 1. The maximum atomic E-state index is 11.5. The third kappa shape index (κ3) is 2.81. The van der Waals surface area contributed by atoms with Crippen LogP contribution in [-0.2, 0) is 9.84 Å². The van der Waals surface area contributed by atoms with Crippen molar-refractivity contribution in [3.63, 3.8) is 0 Å². The predicted molar refractivity (Wildman–Crippen MR) is 66.7 cm³/mol. The molecule has 5 nitrogen and oxygen atoms in total. The summed E-state index contributed by atoms with van der Waals surface area (Å²) in [5.74, 6) is 0.0487. The lowest BCUT2D eigenvalue weighted by Crippen LogP contribution is -2.57. The van der Waals surface area contributed by atoms with Crippen molar-refractivity contribution in [1.29, 1.82) is 0 Å². The molecule has 0 saturated carbocycles. The van der Waals surface area contributed by atoms with Crippen LogP contribution in [-0.4, -0.2) is 79.2 Å². The van der Waals surface area contributed by atoms with E-state index in [2.05, 4.69) is 23.6 Å². The number of likely N-dealkylation sites (N-methyl/N-ethyl adjacent to an activating group) is 1. The third-order valence-corrected chi connectivity index (χ3v) is 5.66. The smallest absolute Gasteiger partial charge is 0.154 e. The van der Waals surface area contributed by atoms with Gasteiger partial charge >= 0.3 is 0 Å². The fourth-order valence-electron chi connectivity index (χ4n) is 2.95. The number of rotatable bonds is 2. The molecule has 0 amide bonds. The molecule has 2 rings (SSSR count). The van der Waals surface area contributed by atoms with Gasteiger partial charge in [0.2, 0.25) is 0 Å². The molecule has 0 radical (unpaired) electrons. The summed E-state index contributed by atoms with van der Waals surface area (Å²) in [5, 5.41) is 9.85. The first-order valence-electron chi connectivity index (χ1n) is 6.29. The molecular weight excluding hydrogens is 240 g/mol. The van der Waals surface area contributed by atoms with Gasteiger partial charge in [-0.05, 0) is 13.5 Å². The quantitative estimate of drug-likeness (QED) is 0.704. The standard InChI is InChI=1S/C11H22N2O3S/c1-3-12-4-5-13(6-9(12)2)10-7-17(15,16)8-11(10)14/h9-11,14H,3-8H2,1-2H3. The highest BCUT2D eigenvalue weighted by Gasteiger charge is 2.41. The molecule has 2 saturated heterocycles. The highest BCUT2D eigenvalue weighted by Crippen LogP contribution is 2.21. The summed E-state index contributed by atoms with van der Waals surface area (Å²) in [7, 11) is -3.04. The Morgan fingerprint density at radius 1 is 1.29 bits per heavy atom. The molecule has 2 heterocycles. The van der Waals surface area contributed by atoms with Crippen molar-refractivity contribution in [3.8, 4) is 0 Å². The number of sulfone groups is 1. The van der Waals surface area contributed by atoms with E-state index in [1.165, 1.54) is 0 Å². The molecule has 2 aliphatic heterocycles. The van der Waals surface area contributed by atoms with Crippen molar-refractivity contribution in [1.82, 2.24) is 9.80 Å². The highest BCUT2D eigenvalue weighted by atomic mass is 32.2. The molecule has 100 valence electrons. The van der Waals surface area contributed by atoms with Crippen LogP contribution in [0.15, 0.2) is 0 Å². The van der Waals surface area contributed by atoms with Crippen LogP contribution in [0, 0.1) is 0 Å². The second kappa shape index (κ2) is 4.84. The molecule has 2 aliphatic rings. The Morgan fingerprint density at radius 3 is 2.47 bits per heavy atom. The lowest BCUT2D eigenvalue weighted by molar-refractivity contribution is 0.0225. The van der Waals surface area contributed by atoms with Crippen LogP contribution in [0.4, 0.5) is 0 Å². The molecule has 2 fully saturated rings. The van der Waals surface area contributed by atoms with Crippen LogP contribution in [0.2, 0.25) is 0 Å².